The van der Waals surface area contributed by atoms with Gasteiger partial charge >= 0.3 is 0 Å². The van der Waals surface area contributed by atoms with Crippen molar-refractivity contribution in [1.82, 2.24) is 0 Å². The van der Waals surface area contributed by atoms with Crippen LogP contribution in [0.3, 0.4) is 0 Å². The minimum absolute atomic E-state index is 0.0405. The minimum atomic E-state index is -3.82. The lowest BCUT2D eigenvalue weighted by atomic mass is 10.1. The zero-order chi connectivity index (χ0) is 22.1. The fourth-order valence-electron chi connectivity index (χ4n) is 2.96. The topological polar surface area (TPSA) is 111 Å². The van der Waals surface area contributed by atoms with Crippen LogP contribution in [0.25, 0.3) is 6.08 Å². The van der Waals surface area contributed by atoms with Crippen LogP contribution in [0, 0.1) is 0 Å². The fraction of sp³-hybridized carbons (Fsp3) is 0.238. The molecule has 1 aliphatic heterocycles. The number of sulfonamides is 1. The first-order chi connectivity index (χ1) is 14.1. The molecule has 2 aromatic carbocycles. The molecule has 0 saturated carbocycles. The van der Waals surface area contributed by atoms with Crippen molar-refractivity contribution in [1.29, 1.82) is 0 Å². The van der Waals surface area contributed by atoms with E-state index < -0.39 is 10.0 Å². The molecular weight excluding hydrogens is 406 g/mol. The van der Waals surface area contributed by atoms with Gasteiger partial charge in [-0.15, -0.1) is 0 Å². The van der Waals surface area contributed by atoms with Crippen LogP contribution in [-0.2, 0) is 14.8 Å². The Morgan fingerprint density at radius 2 is 1.80 bits per heavy atom. The second-order valence-corrected chi connectivity index (χ2v) is 8.51. The van der Waals surface area contributed by atoms with E-state index >= 15 is 0 Å². The average Bonchev–Trinajstić information content (AvgIpc) is 2.96. The highest BCUT2D eigenvalue weighted by Gasteiger charge is 2.29. The Balaban J connectivity index is 1.97. The second kappa shape index (κ2) is 8.29. The quantitative estimate of drug-likeness (QED) is 0.710. The molecule has 9 heteroatoms. The van der Waals surface area contributed by atoms with E-state index in [-0.39, 0.29) is 16.9 Å². The van der Waals surface area contributed by atoms with Crippen molar-refractivity contribution in [2.75, 3.05) is 12.1 Å². The summed E-state index contributed by atoms with van der Waals surface area (Å²) in [5.41, 5.74) is 2.04. The van der Waals surface area contributed by atoms with Gasteiger partial charge in [0.1, 0.15) is 0 Å². The molecule has 8 nitrogen and oxygen atoms in total. The molecule has 1 amide bonds. The Morgan fingerprint density at radius 3 is 2.37 bits per heavy atom. The summed E-state index contributed by atoms with van der Waals surface area (Å²) in [5, 5.41) is 10.7. The molecule has 2 aromatic rings. The van der Waals surface area contributed by atoms with Gasteiger partial charge < -0.3 is 9.47 Å². The van der Waals surface area contributed by atoms with Gasteiger partial charge in [0, 0.05) is 5.56 Å². The van der Waals surface area contributed by atoms with Crippen molar-refractivity contribution in [3.05, 3.63) is 53.6 Å². The predicted molar refractivity (Wildman–Crippen MR) is 115 cm³/mol. The largest absolute Gasteiger partial charge is 0.493 e. The first kappa shape index (κ1) is 21.5. The molecule has 0 unspecified atom stereocenters. The molecular formula is C21H23N3O5S. The summed E-state index contributed by atoms with van der Waals surface area (Å²) in [6.07, 6.45) is 1.63. The number of para-hydroxylation sites is 1. The lowest BCUT2D eigenvalue weighted by Gasteiger charge is -2.16. The lowest BCUT2D eigenvalue weighted by Crippen LogP contribution is -2.21. The number of nitrogens with two attached hydrogens (primary N) is 1. The maximum atomic E-state index is 13.0. The maximum absolute atomic E-state index is 13.0. The number of ether oxygens (including phenoxy) is 2. The summed E-state index contributed by atoms with van der Waals surface area (Å²) in [5.74, 6) is 0.766. The van der Waals surface area contributed by atoms with Crippen LogP contribution in [0.1, 0.15) is 26.3 Å². The van der Waals surface area contributed by atoms with Crippen molar-refractivity contribution in [2.24, 2.45) is 10.2 Å². The van der Waals surface area contributed by atoms with Crippen LogP contribution in [0.4, 0.5) is 5.69 Å². The van der Waals surface area contributed by atoms with Gasteiger partial charge in [0.05, 0.1) is 35.1 Å². The number of hydrazone groups is 1. The Kier molecular flexibility index (Phi) is 5.95. The van der Waals surface area contributed by atoms with Crippen molar-refractivity contribution in [3.63, 3.8) is 0 Å². The minimum Gasteiger partial charge on any atom is -0.493 e. The van der Waals surface area contributed by atoms with E-state index in [0.717, 1.165) is 0 Å². The first-order valence-electron chi connectivity index (χ1n) is 9.20. The van der Waals surface area contributed by atoms with Gasteiger partial charge in [-0.3, -0.25) is 4.79 Å². The zero-order valence-corrected chi connectivity index (χ0v) is 17.9. The van der Waals surface area contributed by atoms with Crippen LogP contribution in [0.2, 0.25) is 0 Å². The molecule has 0 saturated heterocycles. The highest BCUT2D eigenvalue weighted by atomic mass is 32.2. The van der Waals surface area contributed by atoms with E-state index in [0.29, 0.717) is 34.0 Å². The zero-order valence-electron chi connectivity index (χ0n) is 17.1. The molecule has 1 heterocycles. The van der Waals surface area contributed by atoms with Crippen molar-refractivity contribution >= 4 is 33.4 Å². The van der Waals surface area contributed by atoms with Gasteiger partial charge in [-0.05, 0) is 57.2 Å². The van der Waals surface area contributed by atoms with Crippen molar-refractivity contribution in [2.45, 2.75) is 31.8 Å². The van der Waals surface area contributed by atoms with Crippen LogP contribution >= 0.6 is 0 Å². The summed E-state index contributed by atoms with van der Waals surface area (Å²) in [6.45, 7) is 5.54. The SMILES string of the molecule is COc1cccc(/C=C2\C(=O)N(c3ccc(S(N)(=O)=O)cc3)N=C2C)c1OC(C)C. The monoisotopic (exact) mass is 429 g/mol. The average molecular weight is 429 g/mol. The van der Waals surface area contributed by atoms with Gasteiger partial charge in [0.25, 0.3) is 5.91 Å². The first-order valence-corrected chi connectivity index (χ1v) is 10.7. The van der Waals surface area contributed by atoms with E-state index in [1.54, 1.807) is 26.2 Å². The molecule has 30 heavy (non-hydrogen) atoms. The molecule has 0 radical (unpaired) electrons. The lowest BCUT2D eigenvalue weighted by molar-refractivity contribution is -0.114. The Bertz CT molecular complexity index is 1140. The molecule has 1 aliphatic rings. The summed E-state index contributed by atoms with van der Waals surface area (Å²) in [6, 6.07) is 11.1. The van der Waals surface area contributed by atoms with Crippen molar-refractivity contribution < 1.29 is 22.7 Å². The molecule has 3 rings (SSSR count). The number of rotatable bonds is 6. The van der Waals surface area contributed by atoms with E-state index in [1.807, 2.05) is 26.0 Å². The fourth-order valence-corrected chi connectivity index (χ4v) is 3.48. The number of methoxy groups -OCH3 is 1. The molecule has 158 valence electrons. The number of carbonyl (C=O) groups is 1. The normalized spacial score (nSPS) is 15.7. The van der Waals surface area contributed by atoms with E-state index in [9.17, 15) is 13.2 Å². The van der Waals surface area contributed by atoms with Gasteiger partial charge in [-0.25, -0.2) is 13.6 Å². The summed E-state index contributed by atoms with van der Waals surface area (Å²) >= 11 is 0. The number of hydrogen-bond donors (Lipinski definition) is 1. The number of amides is 1. The molecule has 0 aliphatic carbocycles. The summed E-state index contributed by atoms with van der Waals surface area (Å²) in [4.78, 5) is 13.0. The Hall–Kier alpha value is -3.17. The Morgan fingerprint density at radius 1 is 1.13 bits per heavy atom. The number of anilines is 1. The molecule has 0 fully saturated rings. The number of carbonyl (C=O) groups excluding carboxylic acids is 1. The third-order valence-electron chi connectivity index (χ3n) is 4.36. The third-order valence-corrected chi connectivity index (χ3v) is 5.28. The van der Waals surface area contributed by atoms with Gasteiger partial charge in [0.2, 0.25) is 10.0 Å². The van der Waals surface area contributed by atoms with E-state index in [4.69, 9.17) is 14.6 Å². The number of nitrogens with zero attached hydrogens (tertiary/aromatic N) is 2. The number of benzene rings is 2. The number of primary sulfonamides is 1. The predicted octanol–water partition coefficient (Wildman–Crippen LogP) is 2.94. The molecule has 0 atom stereocenters. The molecule has 0 bridgehead atoms. The van der Waals surface area contributed by atoms with Gasteiger partial charge in [0.15, 0.2) is 11.5 Å². The Labute approximate surface area is 175 Å². The van der Waals surface area contributed by atoms with Crippen LogP contribution in [-0.4, -0.2) is 33.3 Å². The van der Waals surface area contributed by atoms with Crippen molar-refractivity contribution in [3.8, 4) is 11.5 Å². The second-order valence-electron chi connectivity index (χ2n) is 6.94. The van der Waals surface area contributed by atoms with Crippen LogP contribution < -0.4 is 19.6 Å². The summed E-state index contributed by atoms with van der Waals surface area (Å²) < 4.78 is 34.2. The number of hydrogen-bond acceptors (Lipinski definition) is 6. The maximum Gasteiger partial charge on any atom is 0.280 e. The molecule has 0 spiro atoms. The molecule has 0 aromatic heterocycles. The summed E-state index contributed by atoms with van der Waals surface area (Å²) in [7, 11) is -2.26. The van der Waals surface area contributed by atoms with E-state index in [1.165, 1.54) is 29.3 Å². The smallest absolute Gasteiger partial charge is 0.280 e. The van der Waals surface area contributed by atoms with Gasteiger partial charge in [-0.1, -0.05) is 12.1 Å². The van der Waals surface area contributed by atoms with Gasteiger partial charge in [-0.2, -0.15) is 10.1 Å². The van der Waals surface area contributed by atoms with Crippen LogP contribution in [0.15, 0.2) is 58.0 Å². The molecule has 2 N–H and O–H groups in total. The third kappa shape index (κ3) is 4.37. The van der Waals surface area contributed by atoms with E-state index in [2.05, 4.69) is 5.10 Å². The van der Waals surface area contributed by atoms with Crippen LogP contribution in [0.5, 0.6) is 11.5 Å². The highest BCUT2D eigenvalue weighted by molar-refractivity contribution is 7.89. The standard InChI is InChI=1S/C21H23N3O5S/c1-13(2)29-20-15(6-5-7-19(20)28-4)12-18-14(3)23-24(21(18)25)16-8-10-17(11-9-16)30(22,26)27/h5-13H,1-4H3,(H2,22,26,27)/b18-12-. The highest BCUT2D eigenvalue weighted by Crippen LogP contribution is 2.35.